The normalized spacial score (nSPS) is 14.5. The molecule has 9 heteroatoms. The van der Waals surface area contributed by atoms with Gasteiger partial charge in [0.25, 0.3) is 5.91 Å². The number of carbonyl (C=O) groups excluding carboxylic acids is 3. The second kappa shape index (κ2) is 9.12. The minimum atomic E-state index is -0.278. The molecule has 0 atom stereocenters. The van der Waals surface area contributed by atoms with Gasteiger partial charge in [-0.1, -0.05) is 23.4 Å². The number of nitrogens with zero attached hydrogens (tertiary/aromatic N) is 3. The number of aryl methyl sites for hydroxylation is 1. The molecule has 2 aromatic rings. The van der Waals surface area contributed by atoms with E-state index in [1.165, 1.54) is 0 Å². The number of hydrogen-bond donors (Lipinski definition) is 2. The summed E-state index contributed by atoms with van der Waals surface area (Å²) in [6.07, 6.45) is 1.15. The Labute approximate surface area is 162 Å². The Morgan fingerprint density at radius 3 is 2.50 bits per heavy atom. The van der Waals surface area contributed by atoms with Gasteiger partial charge in [-0.05, 0) is 31.9 Å². The average Bonchev–Trinajstić information content (AvgIpc) is 3.16. The van der Waals surface area contributed by atoms with Crippen LogP contribution in [0, 0.1) is 12.8 Å². The van der Waals surface area contributed by atoms with E-state index in [1.807, 2.05) is 6.07 Å². The Hall–Kier alpha value is -3.23. The van der Waals surface area contributed by atoms with Crippen molar-refractivity contribution in [3.63, 3.8) is 0 Å². The summed E-state index contributed by atoms with van der Waals surface area (Å²) in [4.78, 5) is 42.3. The lowest BCUT2D eigenvalue weighted by Crippen LogP contribution is -2.46. The average molecular weight is 385 g/mol. The Morgan fingerprint density at radius 1 is 1.14 bits per heavy atom. The molecule has 0 bridgehead atoms. The van der Waals surface area contributed by atoms with Crippen molar-refractivity contribution in [3.05, 3.63) is 47.6 Å². The fourth-order valence-corrected chi connectivity index (χ4v) is 3.07. The molecule has 28 heavy (non-hydrogen) atoms. The lowest BCUT2D eigenvalue weighted by atomic mass is 9.96. The smallest absolute Gasteiger partial charge is 0.251 e. The minimum Gasteiger partial charge on any atom is -0.347 e. The number of benzene rings is 1. The molecular weight excluding hydrogens is 362 g/mol. The van der Waals surface area contributed by atoms with Crippen LogP contribution in [0.3, 0.4) is 0 Å². The first-order chi connectivity index (χ1) is 13.5. The molecule has 9 nitrogen and oxygen atoms in total. The molecule has 2 N–H and O–H groups in total. The highest BCUT2D eigenvalue weighted by molar-refractivity contribution is 5.96. The van der Waals surface area contributed by atoms with Crippen LogP contribution >= 0.6 is 0 Å². The molecule has 1 fully saturated rings. The Kier molecular flexibility index (Phi) is 6.36. The molecule has 0 aliphatic carbocycles. The molecule has 3 amide bonds. The van der Waals surface area contributed by atoms with E-state index in [4.69, 9.17) is 4.52 Å². The van der Waals surface area contributed by atoms with Gasteiger partial charge in [0.05, 0.1) is 13.1 Å². The van der Waals surface area contributed by atoms with Crippen molar-refractivity contribution in [2.45, 2.75) is 26.3 Å². The third-order valence-electron chi connectivity index (χ3n) is 4.64. The summed E-state index contributed by atoms with van der Waals surface area (Å²) in [5.74, 6) is 0.222. The molecule has 0 saturated carbocycles. The van der Waals surface area contributed by atoms with Gasteiger partial charge < -0.3 is 20.1 Å². The molecule has 1 aromatic carbocycles. The van der Waals surface area contributed by atoms with Crippen LogP contribution in [0.2, 0.25) is 0 Å². The summed E-state index contributed by atoms with van der Waals surface area (Å²) in [5, 5.41) is 9.10. The van der Waals surface area contributed by atoms with Crippen molar-refractivity contribution in [2.24, 2.45) is 5.92 Å². The summed E-state index contributed by atoms with van der Waals surface area (Å²) in [5.41, 5.74) is 0.516. The summed E-state index contributed by atoms with van der Waals surface area (Å²) < 4.78 is 4.97. The predicted molar refractivity (Wildman–Crippen MR) is 99.0 cm³/mol. The quantitative estimate of drug-likeness (QED) is 0.754. The molecule has 1 saturated heterocycles. The molecule has 3 rings (SSSR count). The van der Waals surface area contributed by atoms with Crippen molar-refractivity contribution in [1.29, 1.82) is 0 Å². The maximum atomic E-state index is 12.3. The molecule has 1 aliphatic rings. The molecular formula is C19H23N5O4. The summed E-state index contributed by atoms with van der Waals surface area (Å²) >= 11 is 0. The number of rotatable bonds is 6. The van der Waals surface area contributed by atoms with E-state index in [1.54, 1.807) is 36.1 Å². The van der Waals surface area contributed by atoms with E-state index in [0.29, 0.717) is 43.2 Å². The van der Waals surface area contributed by atoms with Crippen LogP contribution in [0.4, 0.5) is 0 Å². The summed E-state index contributed by atoms with van der Waals surface area (Å²) in [6.45, 7) is 2.82. The Morgan fingerprint density at radius 2 is 1.86 bits per heavy atom. The zero-order chi connectivity index (χ0) is 19.9. The van der Waals surface area contributed by atoms with Crippen molar-refractivity contribution < 1.29 is 18.9 Å². The number of amides is 3. The van der Waals surface area contributed by atoms with Crippen LogP contribution in [-0.2, 0) is 16.1 Å². The molecule has 0 spiro atoms. The van der Waals surface area contributed by atoms with Gasteiger partial charge in [-0.2, -0.15) is 4.98 Å². The lowest BCUT2D eigenvalue weighted by Gasteiger charge is -2.31. The topological polar surface area (TPSA) is 117 Å². The second-order valence-electron chi connectivity index (χ2n) is 6.66. The van der Waals surface area contributed by atoms with E-state index in [2.05, 4.69) is 20.8 Å². The van der Waals surface area contributed by atoms with Crippen LogP contribution in [0.5, 0.6) is 0 Å². The fraction of sp³-hybridized carbons (Fsp3) is 0.421. The summed E-state index contributed by atoms with van der Waals surface area (Å²) in [6, 6.07) is 8.75. The predicted octanol–water partition coefficient (Wildman–Crippen LogP) is 0.663. The van der Waals surface area contributed by atoms with Gasteiger partial charge in [0.15, 0.2) is 5.82 Å². The number of carbonyl (C=O) groups is 3. The molecule has 0 unspecified atom stereocenters. The monoisotopic (exact) mass is 385 g/mol. The van der Waals surface area contributed by atoms with E-state index in [0.717, 1.165) is 0 Å². The van der Waals surface area contributed by atoms with E-state index >= 15 is 0 Å². The zero-order valence-electron chi connectivity index (χ0n) is 15.7. The zero-order valence-corrected chi connectivity index (χ0v) is 15.7. The number of likely N-dealkylation sites (tertiary alicyclic amines) is 1. The van der Waals surface area contributed by atoms with Gasteiger partial charge in [0, 0.05) is 24.6 Å². The minimum absolute atomic E-state index is 0.0545. The highest BCUT2D eigenvalue weighted by atomic mass is 16.5. The standard InChI is InChI=1S/C19H23N5O4/c1-13-22-16(28-23-13)11-20-19(27)15-7-9-24(10-8-15)17(25)12-21-18(26)14-5-3-2-4-6-14/h2-6,15H,7-12H2,1H3,(H,20,27)(H,21,26). The SMILES string of the molecule is Cc1noc(CNC(=O)C2CCN(C(=O)CNC(=O)c3ccccc3)CC2)n1. The molecule has 1 aliphatic heterocycles. The number of nitrogens with one attached hydrogen (secondary N) is 2. The van der Waals surface area contributed by atoms with Crippen LogP contribution in [0.15, 0.2) is 34.9 Å². The maximum Gasteiger partial charge on any atom is 0.251 e. The highest BCUT2D eigenvalue weighted by Crippen LogP contribution is 2.17. The first-order valence-corrected chi connectivity index (χ1v) is 9.21. The van der Waals surface area contributed by atoms with Crippen molar-refractivity contribution in [2.75, 3.05) is 19.6 Å². The van der Waals surface area contributed by atoms with Gasteiger partial charge in [0.2, 0.25) is 17.7 Å². The first-order valence-electron chi connectivity index (χ1n) is 9.21. The second-order valence-corrected chi connectivity index (χ2v) is 6.66. The third kappa shape index (κ3) is 5.15. The third-order valence-corrected chi connectivity index (χ3v) is 4.64. The van der Waals surface area contributed by atoms with Crippen molar-refractivity contribution >= 4 is 17.7 Å². The molecule has 148 valence electrons. The van der Waals surface area contributed by atoms with Gasteiger partial charge in [-0.3, -0.25) is 14.4 Å². The maximum absolute atomic E-state index is 12.3. The van der Waals surface area contributed by atoms with E-state index in [9.17, 15) is 14.4 Å². The molecule has 1 aromatic heterocycles. The number of hydrogen-bond acceptors (Lipinski definition) is 6. The largest absolute Gasteiger partial charge is 0.347 e. The highest BCUT2D eigenvalue weighted by Gasteiger charge is 2.27. The van der Waals surface area contributed by atoms with Crippen LogP contribution in [0.25, 0.3) is 0 Å². The summed E-state index contributed by atoms with van der Waals surface area (Å²) in [7, 11) is 0. The van der Waals surface area contributed by atoms with Crippen molar-refractivity contribution in [1.82, 2.24) is 25.7 Å². The van der Waals surface area contributed by atoms with Gasteiger partial charge >= 0.3 is 0 Å². The van der Waals surface area contributed by atoms with Gasteiger partial charge in [-0.15, -0.1) is 0 Å². The Bertz CT molecular complexity index is 828. The molecule has 2 heterocycles. The van der Waals surface area contributed by atoms with Crippen LogP contribution < -0.4 is 10.6 Å². The van der Waals surface area contributed by atoms with Crippen LogP contribution in [-0.4, -0.2) is 52.4 Å². The fourth-order valence-electron chi connectivity index (χ4n) is 3.07. The van der Waals surface area contributed by atoms with Gasteiger partial charge in [-0.25, -0.2) is 0 Å². The molecule has 0 radical (unpaired) electrons. The van der Waals surface area contributed by atoms with E-state index in [-0.39, 0.29) is 36.7 Å². The first kappa shape index (κ1) is 19.5. The van der Waals surface area contributed by atoms with Gasteiger partial charge in [0.1, 0.15) is 0 Å². The van der Waals surface area contributed by atoms with E-state index < -0.39 is 0 Å². The van der Waals surface area contributed by atoms with Crippen molar-refractivity contribution in [3.8, 4) is 0 Å². The lowest BCUT2D eigenvalue weighted by molar-refractivity contribution is -0.134. The number of aromatic nitrogens is 2. The van der Waals surface area contributed by atoms with Crippen LogP contribution in [0.1, 0.15) is 34.9 Å². The Balaban J connectivity index is 1.38. The number of piperidine rings is 1.